The van der Waals surface area contributed by atoms with Crippen LogP contribution in [0.2, 0.25) is 0 Å². The maximum atomic E-state index is 10.1. The molecule has 0 saturated heterocycles. The third-order valence-corrected chi connectivity index (χ3v) is 4.18. The Kier molecular flexibility index (Phi) is 3.54. The van der Waals surface area contributed by atoms with Gasteiger partial charge in [-0.2, -0.15) is 0 Å². The minimum absolute atomic E-state index is 0.380. The zero-order chi connectivity index (χ0) is 13.1. The van der Waals surface area contributed by atoms with Crippen molar-refractivity contribution >= 4 is 0 Å². The van der Waals surface area contributed by atoms with Crippen LogP contribution in [0.1, 0.15) is 43.6 Å². The van der Waals surface area contributed by atoms with E-state index in [0.717, 1.165) is 11.1 Å². The van der Waals surface area contributed by atoms with Crippen LogP contribution in [0.25, 0.3) is 11.1 Å². The van der Waals surface area contributed by atoms with E-state index >= 15 is 0 Å². The van der Waals surface area contributed by atoms with Gasteiger partial charge in [0, 0.05) is 5.56 Å². The fraction of sp³-hybridized carbons (Fsp3) is 0.333. The summed E-state index contributed by atoms with van der Waals surface area (Å²) in [4.78, 5) is 0. The molecule has 1 nitrogen and oxygen atoms in total. The van der Waals surface area contributed by atoms with Crippen molar-refractivity contribution in [2.75, 3.05) is 0 Å². The maximum Gasteiger partial charge on any atom is 0.123 e. The van der Waals surface area contributed by atoms with Crippen molar-refractivity contribution in [1.82, 2.24) is 0 Å². The highest BCUT2D eigenvalue weighted by molar-refractivity contribution is 5.70. The van der Waals surface area contributed by atoms with Crippen LogP contribution >= 0.6 is 0 Å². The van der Waals surface area contributed by atoms with Crippen molar-refractivity contribution in [3.8, 4) is 16.9 Å². The zero-order valence-corrected chi connectivity index (χ0v) is 11.2. The van der Waals surface area contributed by atoms with Crippen LogP contribution in [-0.4, -0.2) is 5.11 Å². The van der Waals surface area contributed by atoms with Crippen LogP contribution in [0.5, 0.6) is 5.75 Å². The molecule has 1 fully saturated rings. The Bertz CT molecular complexity index is 539. The first-order valence-electron chi connectivity index (χ1n) is 7.23. The first-order valence-corrected chi connectivity index (χ1v) is 7.23. The molecule has 0 spiro atoms. The molecule has 0 aromatic heterocycles. The van der Waals surface area contributed by atoms with Crippen molar-refractivity contribution in [2.45, 2.75) is 38.0 Å². The number of hydrogen-bond acceptors (Lipinski definition) is 1. The summed E-state index contributed by atoms with van der Waals surface area (Å²) >= 11 is 0. The number of benzene rings is 2. The topological polar surface area (TPSA) is 20.2 Å². The molecule has 19 heavy (non-hydrogen) atoms. The number of phenolic OH excluding ortho intramolecular Hbond substituents is 1. The summed E-state index contributed by atoms with van der Waals surface area (Å²) < 4.78 is 0. The Balaban J connectivity index is 1.96. The molecular formula is C18H20O. The van der Waals surface area contributed by atoms with E-state index in [-0.39, 0.29) is 0 Å². The molecule has 0 heterocycles. The molecule has 1 heteroatoms. The Morgan fingerprint density at radius 3 is 2.32 bits per heavy atom. The highest BCUT2D eigenvalue weighted by Crippen LogP contribution is 2.37. The van der Waals surface area contributed by atoms with Crippen LogP contribution in [0.15, 0.2) is 48.5 Å². The van der Waals surface area contributed by atoms with Gasteiger partial charge in [0.15, 0.2) is 0 Å². The van der Waals surface area contributed by atoms with Crippen LogP contribution in [0, 0.1) is 0 Å². The second-order valence-electron chi connectivity index (χ2n) is 5.48. The summed E-state index contributed by atoms with van der Waals surface area (Å²) in [6.45, 7) is 0. The lowest BCUT2D eigenvalue weighted by Gasteiger charge is -2.22. The Morgan fingerprint density at radius 1 is 0.842 bits per heavy atom. The minimum atomic E-state index is 0.380. The third-order valence-electron chi connectivity index (χ3n) is 4.18. The van der Waals surface area contributed by atoms with Gasteiger partial charge in [-0.15, -0.1) is 0 Å². The third kappa shape index (κ3) is 2.65. The second kappa shape index (κ2) is 5.48. The van der Waals surface area contributed by atoms with Gasteiger partial charge in [-0.25, -0.2) is 0 Å². The monoisotopic (exact) mass is 252 g/mol. The predicted molar refractivity (Wildman–Crippen MR) is 79.4 cm³/mol. The van der Waals surface area contributed by atoms with Crippen molar-refractivity contribution < 1.29 is 5.11 Å². The van der Waals surface area contributed by atoms with Crippen molar-refractivity contribution in [3.63, 3.8) is 0 Å². The van der Waals surface area contributed by atoms with E-state index in [4.69, 9.17) is 0 Å². The van der Waals surface area contributed by atoms with E-state index in [9.17, 15) is 5.11 Å². The summed E-state index contributed by atoms with van der Waals surface area (Å²) in [6.07, 6.45) is 6.64. The number of phenols is 1. The lowest BCUT2D eigenvalue weighted by Crippen LogP contribution is -2.04. The molecule has 3 rings (SSSR count). The van der Waals surface area contributed by atoms with Crippen LogP contribution < -0.4 is 0 Å². The summed E-state index contributed by atoms with van der Waals surface area (Å²) in [7, 11) is 0. The van der Waals surface area contributed by atoms with E-state index in [1.807, 2.05) is 24.3 Å². The standard InChI is InChI=1S/C18H20O/c19-18-12-11-16(14-7-3-1-4-8-14)13-17(18)15-9-5-2-6-10-15/h2,5-6,9-14,19H,1,3-4,7-8H2. The number of hydrogen-bond donors (Lipinski definition) is 1. The van der Waals surface area contributed by atoms with E-state index in [2.05, 4.69) is 24.3 Å². The first-order chi connectivity index (χ1) is 9.34. The quantitative estimate of drug-likeness (QED) is 0.787. The van der Waals surface area contributed by atoms with E-state index < -0.39 is 0 Å². The average Bonchev–Trinajstić information content (AvgIpc) is 2.49. The van der Waals surface area contributed by atoms with Crippen LogP contribution in [0.3, 0.4) is 0 Å². The Morgan fingerprint density at radius 2 is 1.58 bits per heavy atom. The van der Waals surface area contributed by atoms with Crippen LogP contribution in [-0.2, 0) is 0 Å². The molecule has 0 aliphatic heterocycles. The van der Waals surface area contributed by atoms with Crippen molar-refractivity contribution in [3.05, 3.63) is 54.1 Å². The summed E-state index contributed by atoms with van der Waals surface area (Å²) in [6, 6.07) is 16.3. The average molecular weight is 252 g/mol. The fourth-order valence-corrected chi connectivity index (χ4v) is 3.09. The lowest BCUT2D eigenvalue weighted by molar-refractivity contribution is 0.442. The number of rotatable bonds is 2. The van der Waals surface area contributed by atoms with Gasteiger partial charge in [-0.3, -0.25) is 0 Å². The summed E-state index contributed by atoms with van der Waals surface area (Å²) in [5.74, 6) is 1.06. The Hall–Kier alpha value is -1.76. The molecular weight excluding hydrogens is 232 g/mol. The molecule has 0 bridgehead atoms. The van der Waals surface area contributed by atoms with Gasteiger partial charge >= 0.3 is 0 Å². The molecule has 1 aliphatic rings. The van der Waals surface area contributed by atoms with Gasteiger partial charge in [0.25, 0.3) is 0 Å². The molecule has 1 N–H and O–H groups in total. The van der Waals surface area contributed by atoms with Crippen molar-refractivity contribution in [1.29, 1.82) is 0 Å². The highest BCUT2D eigenvalue weighted by atomic mass is 16.3. The lowest BCUT2D eigenvalue weighted by atomic mass is 9.83. The second-order valence-corrected chi connectivity index (χ2v) is 5.48. The van der Waals surface area contributed by atoms with E-state index in [1.165, 1.54) is 37.7 Å². The minimum Gasteiger partial charge on any atom is -0.507 e. The van der Waals surface area contributed by atoms with Gasteiger partial charge in [-0.05, 0) is 42.0 Å². The molecule has 2 aromatic carbocycles. The van der Waals surface area contributed by atoms with Gasteiger partial charge in [0.1, 0.15) is 5.75 Å². The van der Waals surface area contributed by atoms with Gasteiger partial charge in [-0.1, -0.05) is 55.7 Å². The molecule has 0 radical (unpaired) electrons. The largest absolute Gasteiger partial charge is 0.507 e. The molecule has 1 aliphatic carbocycles. The molecule has 0 amide bonds. The fourth-order valence-electron chi connectivity index (χ4n) is 3.09. The molecule has 2 aromatic rings. The SMILES string of the molecule is Oc1ccc(C2CCCCC2)cc1-c1ccccc1. The number of aromatic hydroxyl groups is 1. The smallest absolute Gasteiger partial charge is 0.123 e. The maximum absolute atomic E-state index is 10.1. The van der Waals surface area contributed by atoms with E-state index in [1.54, 1.807) is 0 Å². The summed E-state index contributed by atoms with van der Waals surface area (Å²) in [5, 5.41) is 10.1. The van der Waals surface area contributed by atoms with Gasteiger partial charge < -0.3 is 5.11 Å². The van der Waals surface area contributed by atoms with E-state index in [0.29, 0.717) is 11.7 Å². The molecule has 0 unspecified atom stereocenters. The van der Waals surface area contributed by atoms with Gasteiger partial charge in [0.2, 0.25) is 0 Å². The highest BCUT2D eigenvalue weighted by Gasteiger charge is 2.17. The molecule has 1 saturated carbocycles. The summed E-state index contributed by atoms with van der Waals surface area (Å²) in [5.41, 5.74) is 3.44. The molecule has 98 valence electrons. The van der Waals surface area contributed by atoms with Crippen molar-refractivity contribution in [2.24, 2.45) is 0 Å². The normalized spacial score (nSPS) is 16.4. The Labute approximate surface area is 114 Å². The first kappa shape index (κ1) is 12.3. The predicted octanol–water partition coefficient (Wildman–Crippen LogP) is 5.11. The van der Waals surface area contributed by atoms with Gasteiger partial charge in [0.05, 0.1) is 0 Å². The molecule has 0 atom stereocenters. The van der Waals surface area contributed by atoms with Crippen LogP contribution in [0.4, 0.5) is 0 Å². The zero-order valence-electron chi connectivity index (χ0n) is 11.2.